The minimum absolute atomic E-state index is 0.0934. The fraction of sp³-hybridized carbons (Fsp3) is 0.474. The normalized spacial score (nSPS) is 17.9. The van der Waals surface area contributed by atoms with E-state index in [-0.39, 0.29) is 23.8 Å². The smallest absolute Gasteiger partial charge is 0.228 e. The van der Waals surface area contributed by atoms with Crippen molar-refractivity contribution in [3.63, 3.8) is 0 Å². The summed E-state index contributed by atoms with van der Waals surface area (Å²) in [4.78, 5) is 30.5. The molecular formula is C19H23N5O2. The Labute approximate surface area is 152 Å². The van der Waals surface area contributed by atoms with Gasteiger partial charge >= 0.3 is 0 Å². The van der Waals surface area contributed by atoms with Crippen molar-refractivity contribution in [2.45, 2.75) is 38.1 Å². The number of piperidine rings is 1. The molecule has 3 heterocycles. The Balaban J connectivity index is 1.33. The predicted octanol–water partition coefficient (Wildman–Crippen LogP) is 2.03. The molecule has 1 saturated carbocycles. The lowest BCUT2D eigenvalue weighted by Gasteiger charge is -2.32. The first kappa shape index (κ1) is 16.8. The highest BCUT2D eigenvalue weighted by Gasteiger charge is 2.31. The SMILES string of the molecule is O=C(Nc1ccnn1C1CCN(C(=O)Cc2cccnc2)CC1)C1CC1. The van der Waals surface area contributed by atoms with Crippen LogP contribution >= 0.6 is 0 Å². The number of aromatic nitrogens is 3. The average molecular weight is 353 g/mol. The highest BCUT2D eigenvalue weighted by atomic mass is 16.2. The van der Waals surface area contributed by atoms with Gasteiger partial charge in [0.1, 0.15) is 5.82 Å². The summed E-state index contributed by atoms with van der Waals surface area (Å²) < 4.78 is 1.91. The highest BCUT2D eigenvalue weighted by molar-refractivity contribution is 5.93. The number of anilines is 1. The third-order valence-electron chi connectivity index (χ3n) is 5.11. The number of carbonyl (C=O) groups is 2. The molecule has 1 saturated heterocycles. The zero-order chi connectivity index (χ0) is 17.9. The molecule has 1 aliphatic carbocycles. The second-order valence-corrected chi connectivity index (χ2v) is 7.07. The Hall–Kier alpha value is -2.70. The van der Waals surface area contributed by atoms with E-state index in [0.717, 1.165) is 37.1 Å². The van der Waals surface area contributed by atoms with Crippen LogP contribution in [0.5, 0.6) is 0 Å². The van der Waals surface area contributed by atoms with Crippen LogP contribution in [0.1, 0.15) is 37.3 Å². The van der Waals surface area contributed by atoms with Crippen LogP contribution < -0.4 is 5.32 Å². The van der Waals surface area contributed by atoms with Crippen LogP contribution in [-0.4, -0.2) is 44.6 Å². The molecule has 7 nitrogen and oxygen atoms in total. The van der Waals surface area contributed by atoms with E-state index in [0.29, 0.717) is 19.5 Å². The molecule has 0 aromatic carbocycles. The molecule has 0 atom stereocenters. The van der Waals surface area contributed by atoms with Gasteiger partial charge in [-0.1, -0.05) is 6.07 Å². The monoisotopic (exact) mass is 353 g/mol. The molecule has 1 N–H and O–H groups in total. The first-order valence-electron chi connectivity index (χ1n) is 9.22. The van der Waals surface area contributed by atoms with E-state index < -0.39 is 0 Å². The van der Waals surface area contributed by atoms with Gasteiger partial charge in [0.05, 0.1) is 18.7 Å². The number of pyridine rings is 1. The van der Waals surface area contributed by atoms with Crippen LogP contribution in [0, 0.1) is 5.92 Å². The Morgan fingerprint density at radius 1 is 1.12 bits per heavy atom. The summed E-state index contributed by atoms with van der Waals surface area (Å²) in [7, 11) is 0. The fourth-order valence-corrected chi connectivity index (χ4v) is 3.43. The van der Waals surface area contributed by atoms with E-state index in [1.165, 1.54) is 0 Å². The fourth-order valence-electron chi connectivity index (χ4n) is 3.43. The molecule has 2 fully saturated rings. The van der Waals surface area contributed by atoms with Gasteiger partial charge in [-0.15, -0.1) is 0 Å². The second kappa shape index (κ2) is 7.27. The van der Waals surface area contributed by atoms with E-state index in [1.807, 2.05) is 27.8 Å². The molecule has 1 aliphatic heterocycles. The Kier molecular flexibility index (Phi) is 4.69. The molecule has 2 amide bonds. The Morgan fingerprint density at radius 3 is 2.62 bits per heavy atom. The number of likely N-dealkylation sites (tertiary alicyclic amines) is 1. The maximum Gasteiger partial charge on any atom is 0.228 e. The van der Waals surface area contributed by atoms with E-state index in [9.17, 15) is 9.59 Å². The Bertz CT molecular complexity index is 776. The quantitative estimate of drug-likeness (QED) is 0.892. The number of nitrogens with zero attached hydrogens (tertiary/aromatic N) is 4. The lowest BCUT2D eigenvalue weighted by atomic mass is 10.0. The molecule has 136 valence electrons. The molecule has 7 heteroatoms. The summed E-state index contributed by atoms with van der Waals surface area (Å²) in [6.07, 6.45) is 9.21. The van der Waals surface area contributed by atoms with Crippen molar-refractivity contribution in [2.24, 2.45) is 5.92 Å². The summed E-state index contributed by atoms with van der Waals surface area (Å²) in [5.74, 6) is 1.17. The number of rotatable bonds is 5. The number of hydrogen-bond donors (Lipinski definition) is 1. The van der Waals surface area contributed by atoms with Gasteiger partial charge in [-0.2, -0.15) is 5.10 Å². The van der Waals surface area contributed by atoms with Crippen molar-refractivity contribution in [3.8, 4) is 0 Å². The topological polar surface area (TPSA) is 80.1 Å². The predicted molar refractivity (Wildman–Crippen MR) is 96.4 cm³/mol. The van der Waals surface area contributed by atoms with E-state index in [2.05, 4.69) is 15.4 Å². The average Bonchev–Trinajstić information content (AvgIpc) is 3.43. The third-order valence-corrected chi connectivity index (χ3v) is 5.11. The van der Waals surface area contributed by atoms with Gasteiger partial charge in [0.15, 0.2) is 0 Å². The minimum Gasteiger partial charge on any atom is -0.342 e. The van der Waals surface area contributed by atoms with Gasteiger partial charge < -0.3 is 10.2 Å². The van der Waals surface area contributed by atoms with Crippen LogP contribution in [-0.2, 0) is 16.0 Å². The zero-order valence-corrected chi connectivity index (χ0v) is 14.7. The van der Waals surface area contributed by atoms with Crippen molar-refractivity contribution in [1.29, 1.82) is 0 Å². The lowest BCUT2D eigenvalue weighted by molar-refractivity contribution is -0.131. The van der Waals surface area contributed by atoms with Gasteiger partial charge in [0.25, 0.3) is 0 Å². The maximum atomic E-state index is 12.5. The zero-order valence-electron chi connectivity index (χ0n) is 14.7. The summed E-state index contributed by atoms with van der Waals surface area (Å²) in [6.45, 7) is 1.42. The van der Waals surface area contributed by atoms with Crippen LogP contribution in [0.3, 0.4) is 0 Å². The minimum atomic E-state index is 0.0934. The van der Waals surface area contributed by atoms with Crippen LogP contribution in [0.4, 0.5) is 5.82 Å². The first-order valence-corrected chi connectivity index (χ1v) is 9.22. The summed E-state index contributed by atoms with van der Waals surface area (Å²) in [5.41, 5.74) is 0.941. The maximum absolute atomic E-state index is 12.5. The largest absolute Gasteiger partial charge is 0.342 e. The standard InChI is InChI=1S/C19H23N5O2/c25-18(12-14-2-1-8-20-13-14)23-10-6-16(7-11-23)24-17(5-9-21-24)22-19(26)15-3-4-15/h1-2,5,8-9,13,15-16H,3-4,6-7,10-12H2,(H,22,26). The van der Waals surface area contributed by atoms with Crippen molar-refractivity contribution < 1.29 is 9.59 Å². The molecule has 0 unspecified atom stereocenters. The number of amides is 2. The summed E-state index contributed by atoms with van der Waals surface area (Å²) in [6, 6.07) is 5.84. The number of carbonyl (C=O) groups excluding carboxylic acids is 2. The molecule has 26 heavy (non-hydrogen) atoms. The van der Waals surface area contributed by atoms with Crippen molar-refractivity contribution in [1.82, 2.24) is 19.7 Å². The number of nitrogens with one attached hydrogen (secondary N) is 1. The lowest BCUT2D eigenvalue weighted by Crippen LogP contribution is -2.40. The van der Waals surface area contributed by atoms with Crippen LogP contribution in [0.15, 0.2) is 36.8 Å². The van der Waals surface area contributed by atoms with Gasteiger partial charge in [0.2, 0.25) is 11.8 Å². The molecule has 0 radical (unpaired) electrons. The van der Waals surface area contributed by atoms with Crippen LogP contribution in [0.25, 0.3) is 0 Å². The first-order chi connectivity index (χ1) is 12.7. The second-order valence-electron chi connectivity index (χ2n) is 7.07. The van der Waals surface area contributed by atoms with E-state index in [1.54, 1.807) is 18.6 Å². The summed E-state index contributed by atoms with van der Waals surface area (Å²) in [5, 5.41) is 7.39. The van der Waals surface area contributed by atoms with E-state index >= 15 is 0 Å². The van der Waals surface area contributed by atoms with Gasteiger partial charge in [0, 0.05) is 37.5 Å². The highest BCUT2D eigenvalue weighted by Crippen LogP contribution is 2.31. The third kappa shape index (κ3) is 3.76. The van der Waals surface area contributed by atoms with Gasteiger partial charge in [-0.05, 0) is 37.3 Å². The van der Waals surface area contributed by atoms with Crippen LogP contribution in [0.2, 0.25) is 0 Å². The molecule has 4 rings (SSSR count). The van der Waals surface area contributed by atoms with Gasteiger partial charge in [-0.3, -0.25) is 14.6 Å². The summed E-state index contributed by atoms with van der Waals surface area (Å²) >= 11 is 0. The van der Waals surface area contributed by atoms with Crippen molar-refractivity contribution in [2.75, 3.05) is 18.4 Å². The molecule has 0 spiro atoms. The molecule has 2 aliphatic rings. The number of hydrogen-bond acceptors (Lipinski definition) is 4. The molecule has 2 aromatic heterocycles. The van der Waals surface area contributed by atoms with Crippen molar-refractivity contribution >= 4 is 17.6 Å². The Morgan fingerprint density at radius 2 is 1.92 bits per heavy atom. The van der Waals surface area contributed by atoms with E-state index in [4.69, 9.17) is 0 Å². The molecule has 0 bridgehead atoms. The van der Waals surface area contributed by atoms with Gasteiger partial charge in [-0.25, -0.2) is 4.68 Å². The molecular weight excluding hydrogens is 330 g/mol. The molecule has 2 aromatic rings. The van der Waals surface area contributed by atoms with Crippen molar-refractivity contribution in [3.05, 3.63) is 42.4 Å².